The summed E-state index contributed by atoms with van der Waals surface area (Å²) in [5.41, 5.74) is 3.75. The maximum atomic E-state index is 13.3. The second-order valence-corrected chi connectivity index (χ2v) is 7.26. The number of H-pyrrole nitrogens is 1. The quantitative estimate of drug-likeness (QED) is 0.716. The number of rotatable bonds is 3. The lowest BCUT2D eigenvalue weighted by atomic mass is 9.93. The Hall–Kier alpha value is -3.02. The predicted molar refractivity (Wildman–Crippen MR) is 103 cm³/mol. The summed E-state index contributed by atoms with van der Waals surface area (Å²) in [4.78, 5) is 14.7. The predicted octanol–water partition coefficient (Wildman–Crippen LogP) is 4.68. The molecule has 2 aromatic carbocycles. The highest BCUT2D eigenvalue weighted by molar-refractivity contribution is 5.95. The summed E-state index contributed by atoms with van der Waals surface area (Å²) in [7, 11) is 0. The molecule has 28 heavy (non-hydrogen) atoms. The van der Waals surface area contributed by atoms with E-state index >= 15 is 0 Å². The van der Waals surface area contributed by atoms with Crippen LogP contribution >= 0.6 is 0 Å². The van der Waals surface area contributed by atoms with Gasteiger partial charge in [0.2, 0.25) is 0 Å². The zero-order chi connectivity index (χ0) is 19.7. The summed E-state index contributed by atoms with van der Waals surface area (Å²) in [6.07, 6.45) is 1.85. The summed E-state index contributed by atoms with van der Waals surface area (Å²) in [6, 6.07) is 12.5. The van der Waals surface area contributed by atoms with Crippen LogP contribution in [0.4, 0.5) is 8.78 Å². The molecule has 1 N–H and O–H groups in total. The van der Waals surface area contributed by atoms with Gasteiger partial charge in [-0.1, -0.05) is 0 Å². The third kappa shape index (κ3) is 3.67. The van der Waals surface area contributed by atoms with Gasteiger partial charge in [0, 0.05) is 35.8 Å². The van der Waals surface area contributed by atoms with Gasteiger partial charge in [-0.05, 0) is 73.9 Å². The summed E-state index contributed by atoms with van der Waals surface area (Å²) < 4.78 is 26.5. The van der Waals surface area contributed by atoms with Crippen LogP contribution in [0.15, 0.2) is 48.5 Å². The van der Waals surface area contributed by atoms with Crippen LogP contribution in [0.2, 0.25) is 0 Å². The average molecular weight is 381 g/mol. The van der Waals surface area contributed by atoms with Crippen molar-refractivity contribution < 1.29 is 13.6 Å². The van der Waals surface area contributed by atoms with E-state index in [4.69, 9.17) is 0 Å². The van der Waals surface area contributed by atoms with Crippen molar-refractivity contribution in [1.29, 1.82) is 0 Å². The Morgan fingerprint density at radius 2 is 1.86 bits per heavy atom. The number of likely N-dealkylation sites (tertiary alicyclic amines) is 1. The number of nitrogens with zero attached hydrogens (tertiary/aromatic N) is 2. The van der Waals surface area contributed by atoms with Crippen molar-refractivity contribution in [3.63, 3.8) is 0 Å². The third-order valence-corrected chi connectivity index (χ3v) is 5.30. The molecule has 1 aromatic heterocycles. The lowest BCUT2D eigenvalue weighted by Crippen LogP contribution is -2.39. The molecule has 3 aromatic rings. The van der Waals surface area contributed by atoms with Crippen molar-refractivity contribution in [2.75, 3.05) is 13.1 Å². The zero-order valence-corrected chi connectivity index (χ0v) is 15.6. The van der Waals surface area contributed by atoms with Crippen molar-refractivity contribution in [3.8, 4) is 11.3 Å². The van der Waals surface area contributed by atoms with Gasteiger partial charge in [0.15, 0.2) is 0 Å². The molecule has 0 unspecified atom stereocenters. The second-order valence-electron chi connectivity index (χ2n) is 7.26. The van der Waals surface area contributed by atoms with E-state index in [2.05, 4.69) is 10.2 Å². The first-order valence-corrected chi connectivity index (χ1v) is 9.38. The van der Waals surface area contributed by atoms with Crippen LogP contribution in [-0.4, -0.2) is 34.1 Å². The maximum Gasteiger partial charge on any atom is 0.254 e. The molecule has 0 bridgehead atoms. The van der Waals surface area contributed by atoms with E-state index in [0.717, 1.165) is 29.8 Å². The second kappa shape index (κ2) is 7.54. The molecule has 6 heteroatoms. The monoisotopic (exact) mass is 381 g/mol. The average Bonchev–Trinajstić information content (AvgIpc) is 3.18. The number of benzene rings is 2. The molecule has 1 fully saturated rings. The van der Waals surface area contributed by atoms with E-state index in [1.807, 2.05) is 11.0 Å². The minimum absolute atomic E-state index is 0.0690. The largest absolute Gasteiger partial charge is 0.338 e. The molecule has 0 saturated carbocycles. The topological polar surface area (TPSA) is 49.0 Å². The summed E-state index contributed by atoms with van der Waals surface area (Å²) >= 11 is 0. The number of hydrogen-bond donors (Lipinski definition) is 1. The SMILES string of the molecule is Cc1cc(F)ccc1C(=O)N1CCC[C@H](c2cc(-c3ccc(F)cc3)n[nH]2)C1. The van der Waals surface area contributed by atoms with Crippen LogP contribution in [-0.2, 0) is 0 Å². The third-order valence-electron chi connectivity index (χ3n) is 5.30. The Balaban J connectivity index is 1.51. The van der Waals surface area contributed by atoms with Crippen LogP contribution in [0.3, 0.4) is 0 Å². The highest BCUT2D eigenvalue weighted by Crippen LogP contribution is 2.29. The van der Waals surface area contributed by atoms with E-state index in [9.17, 15) is 13.6 Å². The van der Waals surface area contributed by atoms with E-state index in [1.54, 1.807) is 25.1 Å². The van der Waals surface area contributed by atoms with Gasteiger partial charge in [-0.2, -0.15) is 5.10 Å². The number of nitrogens with one attached hydrogen (secondary N) is 1. The van der Waals surface area contributed by atoms with Crippen LogP contribution in [0.5, 0.6) is 0 Å². The van der Waals surface area contributed by atoms with Gasteiger partial charge in [0.25, 0.3) is 5.91 Å². The molecule has 1 atom stereocenters. The van der Waals surface area contributed by atoms with E-state index in [0.29, 0.717) is 24.2 Å². The fraction of sp³-hybridized carbons (Fsp3) is 0.273. The van der Waals surface area contributed by atoms with Crippen molar-refractivity contribution in [1.82, 2.24) is 15.1 Å². The van der Waals surface area contributed by atoms with Gasteiger partial charge in [-0.25, -0.2) is 8.78 Å². The van der Waals surface area contributed by atoms with Crippen LogP contribution in [0.25, 0.3) is 11.3 Å². The molecular weight excluding hydrogens is 360 g/mol. The number of carbonyl (C=O) groups is 1. The molecular formula is C22H21F2N3O. The molecule has 1 aliphatic heterocycles. The first kappa shape index (κ1) is 18.3. The number of halogens is 2. The smallest absolute Gasteiger partial charge is 0.254 e. The minimum Gasteiger partial charge on any atom is -0.338 e. The fourth-order valence-corrected chi connectivity index (χ4v) is 3.77. The van der Waals surface area contributed by atoms with Crippen LogP contribution in [0, 0.1) is 18.6 Å². The van der Waals surface area contributed by atoms with Crippen molar-refractivity contribution in [2.45, 2.75) is 25.7 Å². The number of amides is 1. The van der Waals surface area contributed by atoms with Gasteiger partial charge in [-0.3, -0.25) is 9.89 Å². The Bertz CT molecular complexity index is 997. The molecule has 4 rings (SSSR count). The lowest BCUT2D eigenvalue weighted by molar-refractivity contribution is 0.0705. The standard InChI is InChI=1S/C22H21F2N3O/c1-14-11-18(24)8-9-19(14)22(28)27-10-2-3-16(13-27)21-12-20(25-26-21)15-4-6-17(23)7-5-15/h4-9,11-12,16H,2-3,10,13H2,1H3,(H,25,26)/t16-/m0/s1. The first-order chi connectivity index (χ1) is 13.5. The van der Waals surface area contributed by atoms with Crippen molar-refractivity contribution in [3.05, 3.63) is 77.0 Å². The van der Waals surface area contributed by atoms with Crippen molar-refractivity contribution >= 4 is 5.91 Å². The minimum atomic E-state index is -0.337. The molecule has 144 valence electrons. The lowest BCUT2D eigenvalue weighted by Gasteiger charge is -2.32. The maximum absolute atomic E-state index is 13.3. The Morgan fingerprint density at radius 1 is 1.11 bits per heavy atom. The first-order valence-electron chi connectivity index (χ1n) is 9.38. The Kier molecular flexibility index (Phi) is 4.94. The normalized spacial score (nSPS) is 17.0. The fourth-order valence-electron chi connectivity index (χ4n) is 3.77. The molecule has 1 saturated heterocycles. The highest BCUT2D eigenvalue weighted by Gasteiger charge is 2.27. The number of piperidine rings is 1. The van der Waals surface area contributed by atoms with Crippen LogP contribution in [0.1, 0.15) is 40.4 Å². The van der Waals surface area contributed by atoms with Crippen LogP contribution < -0.4 is 0 Å². The van der Waals surface area contributed by atoms with E-state index < -0.39 is 0 Å². The van der Waals surface area contributed by atoms with E-state index in [-0.39, 0.29) is 23.5 Å². The summed E-state index contributed by atoms with van der Waals surface area (Å²) in [6.45, 7) is 3.02. The van der Waals surface area contributed by atoms with Gasteiger partial charge in [-0.15, -0.1) is 0 Å². The van der Waals surface area contributed by atoms with E-state index in [1.165, 1.54) is 24.3 Å². The number of carbonyl (C=O) groups excluding carboxylic acids is 1. The number of hydrogen-bond acceptors (Lipinski definition) is 2. The molecule has 2 heterocycles. The molecule has 0 aliphatic carbocycles. The molecule has 1 amide bonds. The van der Waals surface area contributed by atoms with Gasteiger partial charge in [0.1, 0.15) is 11.6 Å². The Morgan fingerprint density at radius 3 is 2.61 bits per heavy atom. The number of aromatic amines is 1. The number of aryl methyl sites for hydroxylation is 1. The molecule has 0 radical (unpaired) electrons. The number of aromatic nitrogens is 2. The summed E-state index contributed by atoms with van der Waals surface area (Å²) in [5.74, 6) is -0.533. The van der Waals surface area contributed by atoms with Gasteiger partial charge < -0.3 is 4.90 Å². The summed E-state index contributed by atoms with van der Waals surface area (Å²) in [5, 5.41) is 7.43. The van der Waals surface area contributed by atoms with Crippen molar-refractivity contribution in [2.24, 2.45) is 0 Å². The highest BCUT2D eigenvalue weighted by atomic mass is 19.1. The molecule has 4 nitrogen and oxygen atoms in total. The van der Waals surface area contributed by atoms with Gasteiger partial charge >= 0.3 is 0 Å². The zero-order valence-electron chi connectivity index (χ0n) is 15.6. The Labute approximate surface area is 162 Å². The molecule has 0 spiro atoms. The molecule has 1 aliphatic rings. The van der Waals surface area contributed by atoms with Gasteiger partial charge in [0.05, 0.1) is 5.69 Å².